The van der Waals surface area contributed by atoms with Crippen LogP contribution >= 0.6 is 0 Å². The minimum absolute atomic E-state index is 0.309. The number of hydrogen-bond donors (Lipinski definition) is 0. The maximum atomic E-state index is 2.40. The molecule has 0 fully saturated rings. The van der Waals surface area contributed by atoms with E-state index >= 15 is 0 Å². The van der Waals surface area contributed by atoms with Crippen LogP contribution < -0.4 is 4.90 Å². The number of para-hydroxylation sites is 2. The fourth-order valence-electron chi connectivity index (χ4n) is 5.17. The van der Waals surface area contributed by atoms with E-state index in [-0.39, 0.29) is 0 Å². The Hall–Kier alpha value is -4.10. The molecule has 1 aromatic heterocycles. The van der Waals surface area contributed by atoms with E-state index in [4.69, 9.17) is 0 Å². The first kappa shape index (κ1) is 21.2. The van der Waals surface area contributed by atoms with Crippen molar-refractivity contribution < 1.29 is 0 Å². The Morgan fingerprint density at radius 1 is 0.472 bits per heavy atom. The van der Waals surface area contributed by atoms with Crippen LogP contribution in [0.1, 0.15) is 0 Å². The summed E-state index contributed by atoms with van der Waals surface area (Å²) >= 11 is 0.309. The van der Waals surface area contributed by atoms with Gasteiger partial charge >= 0.3 is 217 Å². The Morgan fingerprint density at radius 3 is 2.06 bits per heavy atom. The summed E-state index contributed by atoms with van der Waals surface area (Å²) in [7, 11) is 0. The molecule has 0 saturated heterocycles. The van der Waals surface area contributed by atoms with Crippen molar-refractivity contribution in [2.45, 2.75) is 0 Å². The average molecular weight is 525 g/mol. The molecular formula is C34H23NSe. The van der Waals surface area contributed by atoms with Crippen molar-refractivity contribution in [3.63, 3.8) is 0 Å². The molecule has 0 aliphatic carbocycles. The van der Waals surface area contributed by atoms with Gasteiger partial charge in [0.2, 0.25) is 0 Å². The molecule has 0 saturated carbocycles. The van der Waals surface area contributed by atoms with Gasteiger partial charge in [-0.3, -0.25) is 0 Å². The van der Waals surface area contributed by atoms with Crippen molar-refractivity contribution in [3.05, 3.63) is 140 Å². The van der Waals surface area contributed by atoms with Gasteiger partial charge in [-0.15, -0.1) is 0 Å². The van der Waals surface area contributed by atoms with Crippen molar-refractivity contribution in [2.75, 3.05) is 4.90 Å². The molecule has 0 spiro atoms. The van der Waals surface area contributed by atoms with Gasteiger partial charge in [0.15, 0.2) is 0 Å². The first-order valence-corrected chi connectivity index (χ1v) is 13.9. The molecule has 0 aliphatic rings. The second-order valence-electron chi connectivity index (χ2n) is 9.00. The van der Waals surface area contributed by atoms with Gasteiger partial charge < -0.3 is 0 Å². The zero-order chi connectivity index (χ0) is 23.9. The summed E-state index contributed by atoms with van der Waals surface area (Å²) in [5, 5.41) is 5.47. The quantitative estimate of drug-likeness (QED) is 0.207. The summed E-state index contributed by atoms with van der Waals surface area (Å²) in [6, 6.07) is 50.5. The Kier molecular flexibility index (Phi) is 5.21. The molecule has 0 aliphatic heterocycles. The van der Waals surface area contributed by atoms with Gasteiger partial charge in [-0.25, -0.2) is 0 Å². The first-order chi connectivity index (χ1) is 17.9. The van der Waals surface area contributed by atoms with E-state index in [9.17, 15) is 0 Å². The normalized spacial score (nSPS) is 11.3. The average Bonchev–Trinajstić information content (AvgIpc) is 3.33. The van der Waals surface area contributed by atoms with Crippen LogP contribution in [0.15, 0.2) is 140 Å². The summed E-state index contributed by atoms with van der Waals surface area (Å²) in [6.07, 6.45) is 0. The number of hydrogen-bond acceptors (Lipinski definition) is 1. The Balaban J connectivity index is 1.48. The third-order valence-electron chi connectivity index (χ3n) is 6.85. The predicted molar refractivity (Wildman–Crippen MR) is 156 cm³/mol. The number of anilines is 3. The molecule has 7 rings (SSSR count). The monoisotopic (exact) mass is 525 g/mol. The molecule has 6 aromatic carbocycles. The van der Waals surface area contributed by atoms with E-state index < -0.39 is 0 Å². The van der Waals surface area contributed by atoms with Crippen LogP contribution in [0.5, 0.6) is 0 Å². The van der Waals surface area contributed by atoms with Crippen molar-refractivity contribution >= 4 is 61.6 Å². The number of nitrogens with zero attached hydrogens (tertiary/aromatic N) is 1. The topological polar surface area (TPSA) is 3.24 Å². The molecule has 1 nitrogen and oxygen atoms in total. The molecule has 0 bridgehead atoms. The Labute approximate surface area is 216 Å². The van der Waals surface area contributed by atoms with E-state index in [2.05, 4.69) is 144 Å². The van der Waals surface area contributed by atoms with E-state index in [0.717, 1.165) is 5.69 Å². The van der Waals surface area contributed by atoms with Crippen molar-refractivity contribution in [1.29, 1.82) is 0 Å². The molecule has 1 heterocycles. The number of rotatable bonds is 4. The summed E-state index contributed by atoms with van der Waals surface area (Å²) in [5.74, 6) is 0. The van der Waals surface area contributed by atoms with Crippen LogP contribution in [0.4, 0.5) is 17.1 Å². The van der Waals surface area contributed by atoms with Crippen LogP contribution in [-0.2, 0) is 0 Å². The maximum absolute atomic E-state index is 2.40. The molecule has 0 unspecified atom stereocenters. The van der Waals surface area contributed by atoms with Crippen molar-refractivity contribution in [1.82, 2.24) is 0 Å². The number of benzene rings is 6. The molecule has 0 atom stereocenters. The van der Waals surface area contributed by atoms with Gasteiger partial charge in [-0.05, 0) is 0 Å². The van der Waals surface area contributed by atoms with Crippen LogP contribution in [0.25, 0.3) is 41.2 Å². The summed E-state index contributed by atoms with van der Waals surface area (Å²) < 4.78 is 2.96. The molecule has 36 heavy (non-hydrogen) atoms. The summed E-state index contributed by atoms with van der Waals surface area (Å²) in [6.45, 7) is 0. The zero-order valence-electron chi connectivity index (χ0n) is 19.6. The molecule has 0 amide bonds. The molecule has 7 aromatic rings. The van der Waals surface area contributed by atoms with Gasteiger partial charge in [0.25, 0.3) is 0 Å². The van der Waals surface area contributed by atoms with Crippen LogP contribution in [0, 0.1) is 0 Å². The summed E-state index contributed by atoms with van der Waals surface area (Å²) in [5.41, 5.74) is 5.95. The Morgan fingerprint density at radius 2 is 1.19 bits per heavy atom. The minimum atomic E-state index is 0.309. The van der Waals surface area contributed by atoms with Crippen molar-refractivity contribution in [2.24, 2.45) is 0 Å². The fourth-order valence-corrected chi connectivity index (χ4v) is 7.72. The molecule has 0 N–H and O–H groups in total. The fraction of sp³-hybridized carbons (Fsp3) is 0. The predicted octanol–water partition coefficient (Wildman–Crippen LogP) is 9.34. The second-order valence-corrected chi connectivity index (χ2v) is 11.2. The van der Waals surface area contributed by atoms with Gasteiger partial charge in [0.05, 0.1) is 0 Å². The van der Waals surface area contributed by atoms with Gasteiger partial charge in [-0.1, -0.05) is 0 Å². The Bertz CT molecular complexity index is 1830. The molecule has 0 radical (unpaired) electrons. The van der Waals surface area contributed by atoms with Gasteiger partial charge in [0.1, 0.15) is 0 Å². The summed E-state index contributed by atoms with van der Waals surface area (Å²) in [4.78, 5) is 2.40. The van der Waals surface area contributed by atoms with E-state index in [1.54, 1.807) is 0 Å². The molecule has 2 heteroatoms. The second kappa shape index (κ2) is 8.84. The first-order valence-electron chi connectivity index (χ1n) is 12.2. The standard InChI is InChI=1S/C34H23NSe/c1-3-11-24(12-4-1)28-16-9-10-18-32(28)35(26-14-5-2-6-15-26)27-20-22-33-31(23-27)30-21-19-25-13-7-8-17-29(25)34(30)36-33/h1-23H. The van der Waals surface area contributed by atoms with Gasteiger partial charge in [-0.2, -0.15) is 0 Å². The van der Waals surface area contributed by atoms with E-state index in [1.807, 2.05) is 0 Å². The third kappa shape index (κ3) is 3.55. The third-order valence-corrected chi connectivity index (χ3v) is 9.41. The van der Waals surface area contributed by atoms with Crippen LogP contribution in [-0.4, -0.2) is 14.5 Å². The molecular weight excluding hydrogens is 501 g/mol. The zero-order valence-corrected chi connectivity index (χ0v) is 21.3. The number of fused-ring (bicyclic) bond motifs is 5. The van der Waals surface area contributed by atoms with Crippen molar-refractivity contribution in [3.8, 4) is 11.1 Å². The SMILES string of the molecule is c1ccc(-c2ccccc2N(c2ccccc2)c2ccc3[se]c4c5ccccc5ccc4c3c2)cc1. The van der Waals surface area contributed by atoms with E-state index in [1.165, 1.54) is 52.6 Å². The van der Waals surface area contributed by atoms with Crippen LogP contribution in [0.3, 0.4) is 0 Å². The van der Waals surface area contributed by atoms with Gasteiger partial charge in [0, 0.05) is 0 Å². The van der Waals surface area contributed by atoms with E-state index in [0.29, 0.717) is 14.5 Å². The van der Waals surface area contributed by atoms with Crippen LogP contribution in [0.2, 0.25) is 0 Å². The molecule has 170 valence electrons.